The number of rotatable bonds is 10. The average molecular weight is 331 g/mol. The zero-order chi connectivity index (χ0) is 17.0. The molecule has 0 N–H and O–H groups in total. The van der Waals surface area contributed by atoms with Gasteiger partial charge in [-0.1, -0.05) is 82.4 Å². The van der Waals surface area contributed by atoms with E-state index in [9.17, 15) is 0 Å². The number of hydrogen-bond donors (Lipinski definition) is 0. The van der Waals surface area contributed by atoms with Crippen molar-refractivity contribution in [2.45, 2.75) is 103 Å². The summed E-state index contributed by atoms with van der Waals surface area (Å²) in [5.41, 5.74) is 0. The number of hydrogen-bond acceptors (Lipinski definition) is 0. The van der Waals surface area contributed by atoms with Gasteiger partial charge in [0.2, 0.25) is 0 Å². The molecule has 0 bridgehead atoms. The van der Waals surface area contributed by atoms with Crippen molar-refractivity contribution in [3.05, 3.63) is 24.8 Å². The molecular formula is C24H42. The molecule has 2 aliphatic rings. The van der Waals surface area contributed by atoms with E-state index in [2.05, 4.69) is 31.7 Å². The minimum absolute atomic E-state index is 0.960. The van der Waals surface area contributed by atoms with Crippen molar-refractivity contribution in [1.29, 1.82) is 0 Å². The molecule has 2 rings (SSSR count). The molecule has 0 aromatic rings. The Kier molecular flexibility index (Phi) is 9.85. The molecule has 0 heterocycles. The lowest BCUT2D eigenvalue weighted by atomic mass is 9.77. The molecule has 2 saturated carbocycles. The van der Waals surface area contributed by atoms with Gasteiger partial charge in [0, 0.05) is 0 Å². The van der Waals surface area contributed by atoms with Gasteiger partial charge in [-0.25, -0.2) is 0 Å². The van der Waals surface area contributed by atoms with Gasteiger partial charge in [-0.05, 0) is 62.7 Å². The van der Waals surface area contributed by atoms with Gasteiger partial charge in [0.25, 0.3) is 0 Å². The van der Waals surface area contributed by atoms with Crippen LogP contribution in [0, 0.1) is 23.7 Å². The van der Waals surface area contributed by atoms with E-state index < -0.39 is 0 Å². The SMILES string of the molecule is C=CCC1CCC(CCCCC2CCC(CCC=CC)CC2)CC1. The Bertz CT molecular complexity index is 337. The summed E-state index contributed by atoms with van der Waals surface area (Å²) in [6.45, 7) is 6.04. The van der Waals surface area contributed by atoms with Crippen LogP contribution in [0.3, 0.4) is 0 Å². The molecule has 0 aromatic carbocycles. The first-order valence-electron chi connectivity index (χ1n) is 11.0. The van der Waals surface area contributed by atoms with Gasteiger partial charge in [0.15, 0.2) is 0 Å². The number of allylic oxidation sites excluding steroid dienone is 3. The summed E-state index contributed by atoms with van der Waals surface area (Å²) < 4.78 is 0. The maximum Gasteiger partial charge on any atom is -0.0325 e. The maximum absolute atomic E-state index is 3.90. The lowest BCUT2D eigenvalue weighted by molar-refractivity contribution is 0.238. The van der Waals surface area contributed by atoms with Crippen LogP contribution >= 0.6 is 0 Å². The summed E-state index contributed by atoms with van der Waals surface area (Å²) in [4.78, 5) is 0. The van der Waals surface area contributed by atoms with E-state index in [1.54, 1.807) is 0 Å². The summed E-state index contributed by atoms with van der Waals surface area (Å²) in [6, 6.07) is 0. The van der Waals surface area contributed by atoms with Crippen molar-refractivity contribution in [2.75, 3.05) is 0 Å². The van der Waals surface area contributed by atoms with Gasteiger partial charge in [-0.2, -0.15) is 0 Å². The highest BCUT2D eigenvalue weighted by molar-refractivity contribution is 4.81. The molecule has 2 aliphatic carbocycles. The van der Waals surface area contributed by atoms with E-state index in [4.69, 9.17) is 0 Å². The second-order valence-corrected chi connectivity index (χ2v) is 8.73. The van der Waals surface area contributed by atoms with Crippen molar-refractivity contribution >= 4 is 0 Å². The second kappa shape index (κ2) is 11.9. The minimum Gasteiger partial charge on any atom is -0.103 e. The van der Waals surface area contributed by atoms with Crippen molar-refractivity contribution in [1.82, 2.24) is 0 Å². The Hall–Kier alpha value is -0.520. The molecule has 0 heteroatoms. The third kappa shape index (κ3) is 7.58. The molecule has 0 radical (unpaired) electrons. The summed E-state index contributed by atoms with van der Waals surface area (Å²) in [5.74, 6) is 4.10. The summed E-state index contributed by atoms with van der Waals surface area (Å²) in [5, 5.41) is 0. The van der Waals surface area contributed by atoms with E-state index in [1.165, 1.54) is 96.3 Å². The molecular weight excluding hydrogens is 288 g/mol. The highest BCUT2D eigenvalue weighted by Crippen LogP contribution is 2.36. The van der Waals surface area contributed by atoms with E-state index in [0.29, 0.717) is 0 Å². The van der Waals surface area contributed by atoms with Crippen molar-refractivity contribution < 1.29 is 0 Å². The molecule has 0 aliphatic heterocycles. The molecule has 0 atom stereocenters. The molecule has 0 nitrogen and oxygen atoms in total. The second-order valence-electron chi connectivity index (χ2n) is 8.73. The summed E-state index contributed by atoms with van der Waals surface area (Å²) in [7, 11) is 0. The topological polar surface area (TPSA) is 0 Å². The van der Waals surface area contributed by atoms with Gasteiger partial charge in [0.1, 0.15) is 0 Å². The summed E-state index contributed by atoms with van der Waals surface area (Å²) in [6.07, 6.45) is 28.7. The Morgan fingerprint density at radius 1 is 0.708 bits per heavy atom. The maximum atomic E-state index is 3.90. The Labute approximate surface area is 152 Å². The van der Waals surface area contributed by atoms with Gasteiger partial charge in [0.05, 0.1) is 0 Å². The monoisotopic (exact) mass is 330 g/mol. The predicted octanol–water partition coefficient (Wildman–Crippen LogP) is 8.09. The number of unbranched alkanes of at least 4 members (excludes halogenated alkanes) is 1. The van der Waals surface area contributed by atoms with Crippen molar-refractivity contribution in [3.8, 4) is 0 Å². The van der Waals surface area contributed by atoms with Crippen LogP contribution in [0.4, 0.5) is 0 Å². The molecule has 0 aromatic heterocycles. The van der Waals surface area contributed by atoms with Crippen LogP contribution in [-0.2, 0) is 0 Å². The molecule has 0 saturated heterocycles. The molecule has 0 unspecified atom stereocenters. The van der Waals surface area contributed by atoms with Gasteiger partial charge >= 0.3 is 0 Å². The van der Waals surface area contributed by atoms with E-state index in [1.807, 2.05) is 0 Å². The first-order valence-corrected chi connectivity index (χ1v) is 11.0. The van der Waals surface area contributed by atoms with Gasteiger partial charge < -0.3 is 0 Å². The zero-order valence-electron chi connectivity index (χ0n) is 16.4. The van der Waals surface area contributed by atoms with Gasteiger partial charge in [-0.3, -0.25) is 0 Å². The minimum atomic E-state index is 0.960. The van der Waals surface area contributed by atoms with Crippen LogP contribution < -0.4 is 0 Å². The van der Waals surface area contributed by atoms with E-state index >= 15 is 0 Å². The van der Waals surface area contributed by atoms with Crippen LogP contribution in [0.2, 0.25) is 0 Å². The first-order chi connectivity index (χ1) is 11.8. The normalized spacial score (nSPS) is 31.4. The first kappa shape index (κ1) is 19.8. The highest BCUT2D eigenvalue weighted by atomic mass is 14.3. The quantitative estimate of drug-likeness (QED) is 0.280. The van der Waals surface area contributed by atoms with Crippen LogP contribution in [-0.4, -0.2) is 0 Å². The Morgan fingerprint density at radius 3 is 1.62 bits per heavy atom. The van der Waals surface area contributed by atoms with E-state index in [-0.39, 0.29) is 0 Å². The summed E-state index contributed by atoms with van der Waals surface area (Å²) >= 11 is 0. The largest absolute Gasteiger partial charge is 0.103 e. The standard InChI is InChI=1S/C24H42/c1-3-5-6-10-22-17-19-24(20-18-22)12-8-7-11-23-15-13-21(9-4-2)14-16-23/h3-5,21-24H,2,6-20H2,1H3. The third-order valence-electron chi connectivity index (χ3n) is 6.88. The smallest absolute Gasteiger partial charge is 0.0325 e. The van der Waals surface area contributed by atoms with Crippen LogP contribution in [0.25, 0.3) is 0 Å². The van der Waals surface area contributed by atoms with Crippen molar-refractivity contribution in [3.63, 3.8) is 0 Å². The molecule has 0 spiro atoms. The Morgan fingerprint density at radius 2 is 1.17 bits per heavy atom. The molecule has 2 fully saturated rings. The Balaban J connectivity index is 1.46. The lowest BCUT2D eigenvalue weighted by Crippen LogP contribution is -2.15. The van der Waals surface area contributed by atoms with Gasteiger partial charge in [-0.15, -0.1) is 6.58 Å². The van der Waals surface area contributed by atoms with Crippen molar-refractivity contribution in [2.24, 2.45) is 23.7 Å². The molecule has 138 valence electrons. The van der Waals surface area contributed by atoms with Crippen LogP contribution in [0.1, 0.15) is 103 Å². The van der Waals surface area contributed by atoms with Crippen LogP contribution in [0.5, 0.6) is 0 Å². The third-order valence-corrected chi connectivity index (χ3v) is 6.88. The fourth-order valence-electron chi connectivity index (χ4n) is 5.17. The molecule has 24 heavy (non-hydrogen) atoms. The van der Waals surface area contributed by atoms with E-state index in [0.717, 1.165) is 23.7 Å². The lowest BCUT2D eigenvalue weighted by Gasteiger charge is -2.29. The molecule has 0 amide bonds. The predicted molar refractivity (Wildman–Crippen MR) is 108 cm³/mol. The average Bonchev–Trinajstić information content (AvgIpc) is 2.62. The zero-order valence-corrected chi connectivity index (χ0v) is 16.4. The fourth-order valence-corrected chi connectivity index (χ4v) is 5.17. The fraction of sp³-hybridized carbons (Fsp3) is 0.833. The highest BCUT2D eigenvalue weighted by Gasteiger charge is 2.22. The van der Waals surface area contributed by atoms with Crippen LogP contribution in [0.15, 0.2) is 24.8 Å².